The van der Waals surface area contributed by atoms with Crippen molar-refractivity contribution in [2.24, 2.45) is 5.92 Å². The maximum atomic E-state index is 12.4. The Morgan fingerprint density at radius 3 is 2.58 bits per heavy atom. The van der Waals surface area contributed by atoms with Crippen molar-refractivity contribution in [2.75, 3.05) is 13.6 Å². The molecule has 0 amide bonds. The van der Waals surface area contributed by atoms with Crippen LogP contribution < -0.4 is 0 Å². The van der Waals surface area contributed by atoms with Gasteiger partial charge in [-0.2, -0.15) is 0 Å². The largest absolute Gasteiger partial charge is 0.392 e. The van der Waals surface area contributed by atoms with Crippen LogP contribution in [0.1, 0.15) is 24.8 Å². The van der Waals surface area contributed by atoms with Gasteiger partial charge in [-0.15, -0.1) is 0 Å². The molecule has 19 heavy (non-hydrogen) atoms. The van der Waals surface area contributed by atoms with E-state index in [2.05, 4.69) is 0 Å². The van der Waals surface area contributed by atoms with Crippen molar-refractivity contribution in [2.45, 2.75) is 30.8 Å². The van der Waals surface area contributed by atoms with E-state index < -0.39 is 10.0 Å². The molecule has 1 aliphatic carbocycles. The molecule has 0 spiro atoms. The number of aliphatic hydroxyl groups excluding tert-OH is 1. The molecule has 2 rings (SSSR count). The second-order valence-electron chi connectivity index (χ2n) is 4.99. The zero-order valence-electron chi connectivity index (χ0n) is 10.8. The highest BCUT2D eigenvalue weighted by Crippen LogP contribution is 2.29. The van der Waals surface area contributed by atoms with Crippen molar-refractivity contribution in [3.8, 4) is 0 Å². The van der Waals surface area contributed by atoms with Crippen LogP contribution in [0.3, 0.4) is 0 Å². The highest BCUT2D eigenvalue weighted by molar-refractivity contribution is 7.89. The number of hydrogen-bond donors (Lipinski definition) is 1. The van der Waals surface area contributed by atoms with Gasteiger partial charge in [-0.1, -0.05) is 24.1 Å². The molecule has 0 unspecified atom stereocenters. The number of sulfonamides is 1. The van der Waals surface area contributed by atoms with Crippen molar-refractivity contribution in [3.63, 3.8) is 0 Å². The third-order valence-corrected chi connectivity index (χ3v) is 5.81. The van der Waals surface area contributed by atoms with E-state index in [4.69, 9.17) is 16.7 Å². The van der Waals surface area contributed by atoms with Gasteiger partial charge in [-0.3, -0.25) is 0 Å². The van der Waals surface area contributed by atoms with Gasteiger partial charge in [0.05, 0.1) is 11.5 Å². The minimum absolute atomic E-state index is 0.177. The van der Waals surface area contributed by atoms with E-state index in [1.165, 1.54) is 22.9 Å². The molecular weight excluding hydrogens is 286 g/mol. The fourth-order valence-electron chi connectivity index (χ4n) is 2.13. The molecule has 4 nitrogen and oxygen atoms in total. The first-order valence-corrected chi connectivity index (χ1v) is 8.12. The van der Waals surface area contributed by atoms with E-state index >= 15 is 0 Å². The van der Waals surface area contributed by atoms with Gasteiger partial charge >= 0.3 is 0 Å². The fraction of sp³-hybridized carbons (Fsp3) is 0.538. The maximum Gasteiger partial charge on any atom is 0.242 e. The quantitative estimate of drug-likeness (QED) is 0.907. The monoisotopic (exact) mass is 303 g/mol. The summed E-state index contributed by atoms with van der Waals surface area (Å²) in [5.41, 5.74) is 0.530. The molecule has 0 radical (unpaired) electrons. The molecule has 0 heterocycles. The summed E-state index contributed by atoms with van der Waals surface area (Å²) < 4.78 is 26.1. The van der Waals surface area contributed by atoms with Crippen LogP contribution in [-0.2, 0) is 16.6 Å². The van der Waals surface area contributed by atoms with Crippen molar-refractivity contribution in [1.29, 1.82) is 0 Å². The Morgan fingerprint density at radius 2 is 2.11 bits per heavy atom. The van der Waals surface area contributed by atoms with Crippen LogP contribution in [0.25, 0.3) is 0 Å². The number of nitrogens with zero attached hydrogens (tertiary/aromatic N) is 1. The second-order valence-corrected chi connectivity index (χ2v) is 7.45. The summed E-state index contributed by atoms with van der Waals surface area (Å²) >= 11 is 5.94. The molecule has 1 aromatic carbocycles. The van der Waals surface area contributed by atoms with Gasteiger partial charge in [0, 0.05) is 18.6 Å². The standard InChI is InChI=1S/C13H18ClNO3S/c1-15(8-10-3-2-4-10)19(17,18)12-6-5-11(9-16)13(14)7-12/h5-7,10,16H,2-4,8-9H2,1H3. The number of halogens is 1. The molecular formula is C13H18ClNO3S. The third kappa shape index (κ3) is 3.11. The van der Waals surface area contributed by atoms with Crippen LogP contribution in [0.5, 0.6) is 0 Å². The van der Waals surface area contributed by atoms with Crippen molar-refractivity contribution in [1.82, 2.24) is 4.31 Å². The van der Waals surface area contributed by atoms with Gasteiger partial charge in [0.1, 0.15) is 0 Å². The summed E-state index contributed by atoms with van der Waals surface area (Å²) in [5, 5.41) is 9.31. The molecule has 6 heteroatoms. The highest BCUT2D eigenvalue weighted by atomic mass is 35.5. The first-order chi connectivity index (χ1) is 8.95. The molecule has 1 aliphatic rings. The first kappa shape index (κ1) is 14.8. The predicted octanol–water partition coefficient (Wildman–Crippen LogP) is 2.25. The minimum atomic E-state index is -3.49. The average Bonchev–Trinajstić information content (AvgIpc) is 2.33. The summed E-state index contributed by atoms with van der Waals surface area (Å²) in [7, 11) is -1.89. The van der Waals surface area contributed by atoms with Gasteiger partial charge in [-0.05, 0) is 36.5 Å². The summed E-state index contributed by atoms with van der Waals surface area (Å²) in [5.74, 6) is 0.479. The SMILES string of the molecule is CN(CC1CCC1)S(=O)(=O)c1ccc(CO)c(Cl)c1. The Bertz CT molecular complexity index is 555. The molecule has 106 valence electrons. The lowest BCUT2D eigenvalue weighted by Crippen LogP contribution is -2.34. The van der Waals surface area contributed by atoms with Crippen LogP contribution in [-0.4, -0.2) is 31.4 Å². The zero-order chi connectivity index (χ0) is 14.0. The number of benzene rings is 1. The second kappa shape index (κ2) is 5.79. The molecule has 0 bridgehead atoms. The van der Waals surface area contributed by atoms with E-state index in [1.54, 1.807) is 13.1 Å². The number of hydrogen-bond acceptors (Lipinski definition) is 3. The average molecular weight is 304 g/mol. The van der Waals surface area contributed by atoms with Crippen LogP contribution in [0.4, 0.5) is 0 Å². The lowest BCUT2D eigenvalue weighted by atomic mass is 9.86. The molecule has 0 aromatic heterocycles. The molecule has 0 aliphatic heterocycles. The van der Waals surface area contributed by atoms with E-state index in [-0.39, 0.29) is 16.5 Å². The van der Waals surface area contributed by atoms with Crippen LogP contribution in [0.15, 0.2) is 23.1 Å². The lowest BCUT2D eigenvalue weighted by Gasteiger charge is -2.29. The van der Waals surface area contributed by atoms with E-state index in [9.17, 15) is 8.42 Å². The van der Waals surface area contributed by atoms with Crippen LogP contribution in [0, 0.1) is 5.92 Å². The summed E-state index contributed by atoms with van der Waals surface area (Å²) in [4.78, 5) is 0.177. The van der Waals surface area contributed by atoms with Gasteiger partial charge in [-0.25, -0.2) is 12.7 Å². The summed E-state index contributed by atoms with van der Waals surface area (Å²) in [6.45, 7) is 0.360. The number of rotatable bonds is 5. The minimum Gasteiger partial charge on any atom is -0.392 e. The molecule has 1 aromatic rings. The van der Waals surface area contributed by atoms with Gasteiger partial charge in [0.15, 0.2) is 0 Å². The van der Waals surface area contributed by atoms with E-state index in [0.717, 1.165) is 12.8 Å². The molecule has 1 N–H and O–H groups in total. The third-order valence-electron chi connectivity index (χ3n) is 3.64. The van der Waals surface area contributed by atoms with Crippen molar-refractivity contribution < 1.29 is 13.5 Å². The van der Waals surface area contributed by atoms with Gasteiger partial charge in [0.2, 0.25) is 10.0 Å². The molecule has 0 saturated heterocycles. The molecule has 1 saturated carbocycles. The maximum absolute atomic E-state index is 12.4. The Labute approximate surface area is 119 Å². The lowest BCUT2D eigenvalue weighted by molar-refractivity contribution is 0.263. The normalized spacial score (nSPS) is 16.6. The van der Waals surface area contributed by atoms with E-state index in [0.29, 0.717) is 18.0 Å². The number of aliphatic hydroxyl groups is 1. The van der Waals surface area contributed by atoms with Crippen LogP contribution in [0.2, 0.25) is 5.02 Å². The Kier molecular flexibility index (Phi) is 4.50. The zero-order valence-corrected chi connectivity index (χ0v) is 12.4. The smallest absolute Gasteiger partial charge is 0.242 e. The Hall–Kier alpha value is -0.620. The van der Waals surface area contributed by atoms with Crippen LogP contribution >= 0.6 is 11.6 Å². The summed E-state index contributed by atoms with van der Waals surface area (Å²) in [6, 6.07) is 4.44. The Balaban J connectivity index is 2.20. The first-order valence-electron chi connectivity index (χ1n) is 6.31. The van der Waals surface area contributed by atoms with Gasteiger partial charge in [0.25, 0.3) is 0 Å². The molecule has 1 fully saturated rings. The van der Waals surface area contributed by atoms with E-state index in [1.807, 2.05) is 0 Å². The Morgan fingerprint density at radius 1 is 1.42 bits per heavy atom. The van der Waals surface area contributed by atoms with Crippen molar-refractivity contribution in [3.05, 3.63) is 28.8 Å². The summed E-state index contributed by atoms with van der Waals surface area (Å²) in [6.07, 6.45) is 3.39. The topological polar surface area (TPSA) is 57.6 Å². The predicted molar refractivity (Wildman–Crippen MR) is 74.5 cm³/mol. The fourth-order valence-corrected chi connectivity index (χ4v) is 3.71. The molecule has 0 atom stereocenters. The van der Waals surface area contributed by atoms with Gasteiger partial charge < -0.3 is 5.11 Å². The van der Waals surface area contributed by atoms with Crippen molar-refractivity contribution >= 4 is 21.6 Å². The highest BCUT2D eigenvalue weighted by Gasteiger charge is 2.27.